The van der Waals surface area contributed by atoms with Crippen molar-refractivity contribution in [3.05, 3.63) is 59.3 Å². The molecule has 2 aromatic rings. The van der Waals surface area contributed by atoms with Crippen LogP contribution in [-0.4, -0.2) is 17.4 Å². The van der Waals surface area contributed by atoms with Crippen molar-refractivity contribution in [2.24, 2.45) is 0 Å². The Bertz CT molecular complexity index is 604. The van der Waals surface area contributed by atoms with E-state index < -0.39 is 0 Å². The van der Waals surface area contributed by atoms with Gasteiger partial charge in [-0.05, 0) is 37.1 Å². The molecule has 3 nitrogen and oxygen atoms in total. The fraction of sp³-hybridized carbons (Fsp3) is 0.389. The first-order valence-corrected chi connectivity index (χ1v) is 7.69. The summed E-state index contributed by atoms with van der Waals surface area (Å²) in [5.41, 5.74) is 1.75. The summed E-state index contributed by atoms with van der Waals surface area (Å²) < 4.78 is 18.3. The maximum Gasteiger partial charge on any atom is 0.290 e. The first-order chi connectivity index (χ1) is 10.6. The zero-order valence-corrected chi connectivity index (χ0v) is 13.1. The first-order valence-electron chi connectivity index (χ1n) is 7.69. The number of amides is 1. The van der Waals surface area contributed by atoms with Gasteiger partial charge < -0.3 is 9.32 Å². The van der Waals surface area contributed by atoms with Gasteiger partial charge in [0.1, 0.15) is 5.82 Å². The number of nitrogens with zero attached hydrogens (tertiary/aromatic N) is 1. The van der Waals surface area contributed by atoms with Crippen LogP contribution in [0.5, 0.6) is 0 Å². The summed E-state index contributed by atoms with van der Waals surface area (Å²) in [6.45, 7) is 5.12. The summed E-state index contributed by atoms with van der Waals surface area (Å²) in [6.07, 6.45) is 4.65. The van der Waals surface area contributed by atoms with Crippen LogP contribution in [0.25, 0.3) is 0 Å². The minimum atomic E-state index is -0.269. The molecule has 0 aliphatic carbocycles. The van der Waals surface area contributed by atoms with Gasteiger partial charge in [-0.25, -0.2) is 4.39 Å². The number of aryl methyl sites for hydroxylation is 1. The lowest BCUT2D eigenvalue weighted by molar-refractivity contribution is 0.0706. The molecule has 0 N–H and O–H groups in total. The molecular formula is C18H22FNO2. The Morgan fingerprint density at radius 3 is 2.50 bits per heavy atom. The van der Waals surface area contributed by atoms with Gasteiger partial charge in [0.25, 0.3) is 5.91 Å². The molecule has 118 valence electrons. The Hall–Kier alpha value is -2.10. The quantitative estimate of drug-likeness (QED) is 0.703. The van der Waals surface area contributed by atoms with Crippen molar-refractivity contribution < 1.29 is 13.6 Å². The van der Waals surface area contributed by atoms with Gasteiger partial charge in [0, 0.05) is 18.7 Å². The molecule has 1 heterocycles. The number of hydrogen-bond acceptors (Lipinski definition) is 2. The van der Waals surface area contributed by atoms with Crippen LogP contribution in [0.3, 0.4) is 0 Å². The standard InChI is InChI=1S/C18H22FNO2/c1-3-4-5-11-20(13-15-6-8-16(19)9-7-15)18(21)17-14(2)10-12-22-17/h6-10,12H,3-5,11,13H2,1-2H3. The molecule has 0 bridgehead atoms. The third-order valence-corrected chi connectivity index (χ3v) is 3.66. The third kappa shape index (κ3) is 4.20. The molecule has 0 saturated carbocycles. The predicted molar refractivity (Wildman–Crippen MR) is 84.1 cm³/mol. The van der Waals surface area contributed by atoms with Crippen LogP contribution in [0.2, 0.25) is 0 Å². The second kappa shape index (κ2) is 7.78. The zero-order chi connectivity index (χ0) is 15.9. The van der Waals surface area contributed by atoms with Crippen molar-refractivity contribution >= 4 is 5.91 Å². The highest BCUT2D eigenvalue weighted by Crippen LogP contribution is 2.16. The minimum absolute atomic E-state index is 0.108. The van der Waals surface area contributed by atoms with E-state index in [1.807, 2.05) is 6.92 Å². The molecule has 0 atom stereocenters. The van der Waals surface area contributed by atoms with Gasteiger partial charge in [0.05, 0.1) is 6.26 Å². The van der Waals surface area contributed by atoms with Crippen LogP contribution in [0.4, 0.5) is 4.39 Å². The number of rotatable bonds is 7. The van der Waals surface area contributed by atoms with Crippen molar-refractivity contribution in [2.45, 2.75) is 39.7 Å². The van der Waals surface area contributed by atoms with Crippen LogP contribution in [-0.2, 0) is 6.54 Å². The summed E-state index contributed by atoms with van der Waals surface area (Å²) in [7, 11) is 0. The maximum atomic E-state index is 13.0. The molecule has 0 unspecified atom stereocenters. The lowest BCUT2D eigenvalue weighted by Crippen LogP contribution is -2.31. The van der Waals surface area contributed by atoms with Gasteiger partial charge in [0.15, 0.2) is 5.76 Å². The Kier molecular flexibility index (Phi) is 5.75. The van der Waals surface area contributed by atoms with E-state index in [4.69, 9.17) is 4.42 Å². The van der Waals surface area contributed by atoms with E-state index in [1.54, 1.807) is 23.1 Å². The van der Waals surface area contributed by atoms with Gasteiger partial charge in [-0.1, -0.05) is 31.9 Å². The number of hydrogen-bond donors (Lipinski definition) is 0. The topological polar surface area (TPSA) is 33.5 Å². The highest BCUT2D eigenvalue weighted by molar-refractivity contribution is 5.92. The third-order valence-electron chi connectivity index (χ3n) is 3.66. The van der Waals surface area contributed by atoms with Crippen LogP contribution >= 0.6 is 0 Å². The normalized spacial score (nSPS) is 10.7. The molecule has 2 rings (SSSR count). The molecule has 1 aromatic carbocycles. The lowest BCUT2D eigenvalue weighted by Gasteiger charge is -2.22. The average Bonchev–Trinajstić information content (AvgIpc) is 2.94. The largest absolute Gasteiger partial charge is 0.459 e. The van der Waals surface area contributed by atoms with Gasteiger partial charge in [-0.15, -0.1) is 0 Å². The van der Waals surface area contributed by atoms with Crippen LogP contribution < -0.4 is 0 Å². The van der Waals surface area contributed by atoms with E-state index in [9.17, 15) is 9.18 Å². The van der Waals surface area contributed by atoms with Crippen LogP contribution in [0.15, 0.2) is 41.0 Å². The summed E-state index contributed by atoms with van der Waals surface area (Å²) in [5, 5.41) is 0. The molecule has 22 heavy (non-hydrogen) atoms. The van der Waals surface area contributed by atoms with E-state index in [1.165, 1.54) is 18.4 Å². The van der Waals surface area contributed by atoms with Crippen LogP contribution in [0, 0.1) is 12.7 Å². The molecule has 4 heteroatoms. The number of benzene rings is 1. The summed E-state index contributed by atoms with van der Waals surface area (Å²) in [5.74, 6) is 0.0102. The Morgan fingerprint density at radius 1 is 1.18 bits per heavy atom. The number of furan rings is 1. The molecule has 0 radical (unpaired) electrons. The Morgan fingerprint density at radius 2 is 1.91 bits per heavy atom. The van der Waals surface area contributed by atoms with Crippen LogP contribution in [0.1, 0.15) is 47.9 Å². The van der Waals surface area contributed by atoms with Crippen molar-refractivity contribution in [3.8, 4) is 0 Å². The van der Waals surface area contributed by atoms with E-state index in [-0.39, 0.29) is 11.7 Å². The highest BCUT2D eigenvalue weighted by Gasteiger charge is 2.20. The smallest absolute Gasteiger partial charge is 0.290 e. The number of carbonyl (C=O) groups excluding carboxylic acids is 1. The molecule has 0 aliphatic rings. The zero-order valence-electron chi connectivity index (χ0n) is 13.1. The molecule has 0 fully saturated rings. The van der Waals surface area contributed by atoms with Gasteiger partial charge in [0.2, 0.25) is 0 Å². The fourth-order valence-corrected chi connectivity index (χ4v) is 2.35. The maximum absolute atomic E-state index is 13.0. The number of halogens is 1. The van der Waals surface area contributed by atoms with E-state index in [2.05, 4.69) is 6.92 Å². The van der Waals surface area contributed by atoms with E-state index in [0.717, 1.165) is 30.4 Å². The second-order valence-corrected chi connectivity index (χ2v) is 5.49. The molecule has 0 saturated heterocycles. The Balaban J connectivity index is 2.13. The number of unbranched alkanes of at least 4 members (excludes halogenated alkanes) is 2. The Labute approximate surface area is 130 Å². The lowest BCUT2D eigenvalue weighted by atomic mass is 10.1. The molecule has 1 aromatic heterocycles. The molecule has 1 amide bonds. The summed E-state index contributed by atoms with van der Waals surface area (Å²) in [4.78, 5) is 14.4. The highest BCUT2D eigenvalue weighted by atomic mass is 19.1. The average molecular weight is 303 g/mol. The fourth-order valence-electron chi connectivity index (χ4n) is 2.35. The van der Waals surface area contributed by atoms with E-state index >= 15 is 0 Å². The van der Waals surface area contributed by atoms with Crippen molar-refractivity contribution in [2.75, 3.05) is 6.54 Å². The van der Waals surface area contributed by atoms with Crippen molar-refractivity contribution in [1.82, 2.24) is 4.90 Å². The monoisotopic (exact) mass is 303 g/mol. The molecular weight excluding hydrogens is 281 g/mol. The number of carbonyl (C=O) groups is 1. The summed E-state index contributed by atoms with van der Waals surface area (Å²) >= 11 is 0. The van der Waals surface area contributed by atoms with Gasteiger partial charge in [-0.2, -0.15) is 0 Å². The first kappa shape index (κ1) is 16.3. The summed E-state index contributed by atoms with van der Waals surface area (Å²) in [6, 6.07) is 8.05. The van der Waals surface area contributed by atoms with Crippen molar-refractivity contribution in [1.29, 1.82) is 0 Å². The van der Waals surface area contributed by atoms with Gasteiger partial charge in [-0.3, -0.25) is 4.79 Å². The molecule has 0 spiro atoms. The predicted octanol–water partition coefficient (Wildman–Crippen LogP) is 4.56. The minimum Gasteiger partial charge on any atom is -0.459 e. The second-order valence-electron chi connectivity index (χ2n) is 5.49. The van der Waals surface area contributed by atoms with Gasteiger partial charge >= 0.3 is 0 Å². The van der Waals surface area contributed by atoms with E-state index in [0.29, 0.717) is 18.8 Å². The molecule has 0 aliphatic heterocycles. The SMILES string of the molecule is CCCCCN(Cc1ccc(F)cc1)C(=O)c1occc1C. The van der Waals surface area contributed by atoms with Crippen molar-refractivity contribution in [3.63, 3.8) is 0 Å².